The maximum Gasteiger partial charge on any atom is 0 e. The van der Waals surface area contributed by atoms with Crippen LogP contribution in [-0.2, 0) is 25.8 Å². The summed E-state index contributed by atoms with van der Waals surface area (Å²) >= 11 is 0. The summed E-state index contributed by atoms with van der Waals surface area (Å²) in [7, 11) is 0. The average Bonchev–Trinajstić information content (AvgIpc) is 2.90. The van der Waals surface area contributed by atoms with Crippen molar-refractivity contribution in [2.45, 2.75) is 53.4 Å². The van der Waals surface area contributed by atoms with Crippen molar-refractivity contribution in [1.82, 2.24) is 0 Å². The summed E-state index contributed by atoms with van der Waals surface area (Å²) in [6, 6.07) is 0. The zero-order valence-electron chi connectivity index (χ0n) is 13.6. The van der Waals surface area contributed by atoms with Crippen LogP contribution in [0.4, 0.5) is 0 Å². The molecule has 0 aromatic carbocycles. The molecule has 21 heavy (non-hydrogen) atoms. The molecule has 2 aliphatic rings. The molecule has 0 bridgehead atoms. The molecule has 0 saturated heterocycles. The van der Waals surface area contributed by atoms with E-state index in [1.807, 2.05) is 0 Å². The van der Waals surface area contributed by atoms with E-state index in [1.165, 1.54) is 24.0 Å². The molecule has 0 saturated carbocycles. The third kappa shape index (κ3) is 14.6. The fraction of sp³-hybridized carbons (Fsp3) is 0.556. The second-order valence-electron chi connectivity index (χ2n) is 5.81. The van der Waals surface area contributed by atoms with Gasteiger partial charge < -0.3 is 0 Å². The number of hydrogen-bond acceptors (Lipinski definition) is 0. The Morgan fingerprint density at radius 2 is 1.14 bits per heavy atom. The van der Waals surface area contributed by atoms with Crippen molar-refractivity contribution in [2.75, 3.05) is 0 Å². The molecule has 0 fully saturated rings. The van der Waals surface area contributed by atoms with Crippen molar-refractivity contribution in [3.8, 4) is 0 Å². The van der Waals surface area contributed by atoms with Gasteiger partial charge in [0.2, 0.25) is 0 Å². The van der Waals surface area contributed by atoms with E-state index in [-0.39, 0.29) is 73.8 Å². The topological polar surface area (TPSA) is 0 Å². The van der Waals surface area contributed by atoms with Gasteiger partial charge in [-0.05, 0) is 11.8 Å². The molecular weight excluding hydrogens is 648 g/mol. The zero-order valence-corrected chi connectivity index (χ0v) is 21.9. The van der Waals surface area contributed by atoms with E-state index in [0.29, 0.717) is 0 Å². The Labute approximate surface area is 184 Å². The van der Waals surface area contributed by atoms with E-state index in [1.54, 1.807) is 0 Å². The van der Waals surface area contributed by atoms with Crippen molar-refractivity contribution in [3.05, 3.63) is 47.6 Å². The van der Waals surface area contributed by atoms with E-state index < -0.39 is 0 Å². The fourth-order valence-corrected chi connectivity index (χ4v) is 2.06. The first-order chi connectivity index (χ1) is 8.58. The van der Waals surface area contributed by atoms with Gasteiger partial charge in [-0.3, -0.25) is 12.2 Å². The molecule has 0 atom stereocenters. The summed E-state index contributed by atoms with van der Waals surface area (Å²) in [4.78, 5) is 0. The number of halogens is 2. The van der Waals surface area contributed by atoms with Crippen molar-refractivity contribution in [1.29, 1.82) is 0 Å². The van der Waals surface area contributed by atoms with Gasteiger partial charge in [-0.1, -0.05) is 40.5 Å². The van der Waals surface area contributed by atoms with E-state index in [4.69, 9.17) is 0 Å². The predicted molar refractivity (Wildman–Crippen MR) is 111 cm³/mol. The minimum absolute atomic E-state index is 0. The smallest absolute Gasteiger partial charge is 0 e. The normalized spacial score (nSPS) is 14.6. The van der Waals surface area contributed by atoms with Crippen LogP contribution in [0.2, 0.25) is 0 Å². The summed E-state index contributed by atoms with van der Waals surface area (Å²) in [6.07, 6.45) is 19.7. The maximum atomic E-state index is 3.29. The first-order valence-corrected chi connectivity index (χ1v) is 7.10. The number of allylic oxidation sites excluding steroid dienone is 8. The van der Waals surface area contributed by atoms with Crippen LogP contribution >= 0.6 is 48.0 Å². The second-order valence-corrected chi connectivity index (χ2v) is 5.81. The Bertz CT molecular complexity index is 327. The molecule has 0 unspecified atom stereocenters. The molecule has 0 spiro atoms. The average molecular weight is 677 g/mol. The Balaban J connectivity index is -0.000000270. The van der Waals surface area contributed by atoms with Crippen LogP contribution in [0.15, 0.2) is 35.5 Å². The van der Waals surface area contributed by atoms with Crippen molar-refractivity contribution in [2.24, 2.45) is 11.8 Å². The maximum absolute atomic E-state index is 3.29. The van der Waals surface area contributed by atoms with Gasteiger partial charge in [0.25, 0.3) is 0 Å². The Hall–Kier alpha value is 1.29. The second kappa shape index (κ2) is 16.2. The minimum Gasteiger partial charge on any atom is -0.269 e. The molecule has 120 valence electrons. The SMILES string of the molecule is CC(C)CC1=[C-]CC=C1.CC(C)CC1=[C-]CC=C1.I.I.[Hf]. The van der Waals surface area contributed by atoms with Gasteiger partial charge in [0, 0.05) is 25.8 Å². The van der Waals surface area contributed by atoms with Crippen LogP contribution in [-0.4, -0.2) is 0 Å². The monoisotopic (exact) mass is 678 g/mol. The van der Waals surface area contributed by atoms with Gasteiger partial charge in [-0.2, -0.15) is 12.2 Å². The fourth-order valence-electron chi connectivity index (χ4n) is 2.06. The van der Waals surface area contributed by atoms with E-state index in [2.05, 4.69) is 64.2 Å². The van der Waals surface area contributed by atoms with E-state index in [0.717, 1.165) is 24.7 Å². The van der Waals surface area contributed by atoms with Crippen molar-refractivity contribution >= 4 is 48.0 Å². The largest absolute Gasteiger partial charge is 0.269 e. The zero-order chi connectivity index (χ0) is 13.4. The van der Waals surface area contributed by atoms with Crippen LogP contribution in [0.25, 0.3) is 0 Å². The molecular formula is C18H28HfI2-2. The third-order valence-corrected chi connectivity index (χ3v) is 2.79. The van der Waals surface area contributed by atoms with E-state index in [9.17, 15) is 0 Å². The van der Waals surface area contributed by atoms with Gasteiger partial charge in [0.15, 0.2) is 0 Å². The molecule has 0 aromatic heterocycles. The van der Waals surface area contributed by atoms with E-state index >= 15 is 0 Å². The molecule has 2 rings (SSSR count). The van der Waals surface area contributed by atoms with Crippen LogP contribution in [0.3, 0.4) is 0 Å². The Kier molecular flexibility index (Phi) is 20.9. The van der Waals surface area contributed by atoms with Crippen LogP contribution in [0, 0.1) is 24.0 Å². The summed E-state index contributed by atoms with van der Waals surface area (Å²) < 4.78 is 0. The molecule has 3 heteroatoms. The van der Waals surface area contributed by atoms with Gasteiger partial charge in [0.1, 0.15) is 0 Å². The van der Waals surface area contributed by atoms with Crippen LogP contribution < -0.4 is 0 Å². The van der Waals surface area contributed by atoms with Crippen LogP contribution in [0.1, 0.15) is 53.4 Å². The van der Waals surface area contributed by atoms with Gasteiger partial charge in [0.05, 0.1) is 0 Å². The molecule has 0 nitrogen and oxygen atoms in total. The van der Waals surface area contributed by atoms with Gasteiger partial charge >= 0.3 is 0 Å². The standard InChI is InChI=1S/2C9H13.Hf.2HI/c2*1-8(2)7-9-5-3-4-6-9;;;/h2*3,5,8H,4,7H2,1-2H3;;2*1H/q2*-1;;;. The quantitative estimate of drug-likeness (QED) is 0.177. The summed E-state index contributed by atoms with van der Waals surface area (Å²) in [5.74, 6) is 1.55. The molecule has 2 aliphatic carbocycles. The van der Waals surface area contributed by atoms with Gasteiger partial charge in [-0.25, -0.2) is 23.3 Å². The third-order valence-electron chi connectivity index (χ3n) is 2.79. The Morgan fingerprint density at radius 1 is 0.810 bits per heavy atom. The molecule has 0 aromatic rings. The minimum atomic E-state index is 0. The molecule has 0 heterocycles. The molecule has 0 radical (unpaired) electrons. The summed E-state index contributed by atoms with van der Waals surface area (Å²) in [6.45, 7) is 8.95. The Morgan fingerprint density at radius 3 is 1.33 bits per heavy atom. The summed E-state index contributed by atoms with van der Waals surface area (Å²) in [5.41, 5.74) is 2.79. The first-order valence-electron chi connectivity index (χ1n) is 7.10. The molecule has 0 N–H and O–H groups in total. The summed E-state index contributed by atoms with van der Waals surface area (Å²) in [5, 5.41) is 0. The number of hydrogen-bond donors (Lipinski definition) is 0. The first kappa shape index (κ1) is 27.2. The van der Waals surface area contributed by atoms with Gasteiger partial charge in [-0.15, -0.1) is 60.8 Å². The predicted octanol–water partition coefficient (Wildman–Crippen LogP) is 6.68. The van der Waals surface area contributed by atoms with Crippen molar-refractivity contribution in [3.63, 3.8) is 0 Å². The van der Waals surface area contributed by atoms with Crippen LogP contribution in [0.5, 0.6) is 0 Å². The number of rotatable bonds is 4. The molecule has 0 amide bonds. The van der Waals surface area contributed by atoms with Crippen molar-refractivity contribution < 1.29 is 25.8 Å². The molecule has 0 aliphatic heterocycles.